The molecule has 3 heterocycles. The van der Waals surface area contributed by atoms with Crippen LogP contribution in [0.15, 0.2) is 152 Å². The smallest absolute Gasteiger partial charge is 0.0861 e. The number of aryl methyl sites for hydroxylation is 2. The third kappa shape index (κ3) is 5.22. The van der Waals surface area contributed by atoms with Gasteiger partial charge in [0.1, 0.15) is 0 Å². The van der Waals surface area contributed by atoms with Crippen LogP contribution in [-0.4, -0.2) is 16.1 Å². The van der Waals surface area contributed by atoms with Crippen LogP contribution >= 0.6 is 0 Å². The van der Waals surface area contributed by atoms with Gasteiger partial charge in [0, 0.05) is 29.2 Å². The number of nitrogens with one attached hydrogen (secondary N) is 1. The molecule has 1 N–H and O–H groups in total. The van der Waals surface area contributed by atoms with Crippen molar-refractivity contribution < 1.29 is 0 Å². The van der Waals surface area contributed by atoms with Crippen LogP contribution in [0, 0.1) is 6.92 Å². The third-order valence-electron chi connectivity index (χ3n) is 11.5. The lowest BCUT2D eigenvalue weighted by Gasteiger charge is -2.27. The molecular weight excluding hydrogens is 655 g/mol. The van der Waals surface area contributed by atoms with E-state index in [4.69, 9.17) is 0 Å². The molecule has 6 aromatic carbocycles. The number of hydrogen-bond donors (Lipinski definition) is 1. The van der Waals surface area contributed by atoms with E-state index in [1.54, 1.807) is 0 Å². The Morgan fingerprint density at radius 2 is 1.44 bits per heavy atom. The maximum Gasteiger partial charge on any atom is 0.0861 e. The Bertz CT molecular complexity index is 2810. The predicted octanol–water partition coefficient (Wildman–Crippen LogP) is 12.5. The first-order valence-electron chi connectivity index (χ1n) is 19.2. The summed E-state index contributed by atoms with van der Waals surface area (Å²) in [6.45, 7) is 5.28. The molecule has 0 saturated heterocycles. The van der Waals surface area contributed by atoms with Gasteiger partial charge in [0.25, 0.3) is 0 Å². The molecule has 0 spiro atoms. The van der Waals surface area contributed by atoms with Gasteiger partial charge in [-0.25, -0.2) is 0 Å². The molecule has 260 valence electrons. The number of benzene rings is 6. The zero-order valence-corrected chi connectivity index (χ0v) is 30.7. The predicted molar refractivity (Wildman–Crippen MR) is 229 cm³/mol. The van der Waals surface area contributed by atoms with Gasteiger partial charge in [0.15, 0.2) is 0 Å². The highest BCUT2D eigenvalue weighted by Gasteiger charge is 2.25. The SMILES string of the molecule is CCc1ccccc1-c1cc2c(-c3cccc(-n4c5ccccc5c5ccccc54)c3)c3c(c(C4=CC=C(c5ccccn5)NC4)c2cc1C)C=CCC3. The summed E-state index contributed by atoms with van der Waals surface area (Å²) in [5, 5.41) is 8.89. The average Bonchev–Trinajstić information content (AvgIpc) is 3.57. The number of para-hydroxylation sites is 2. The number of dihydropyridines is 1. The van der Waals surface area contributed by atoms with E-state index in [-0.39, 0.29) is 0 Å². The molecule has 0 saturated carbocycles. The first-order chi connectivity index (χ1) is 26.7. The molecule has 0 unspecified atom stereocenters. The summed E-state index contributed by atoms with van der Waals surface area (Å²) in [4.78, 5) is 4.62. The first-order valence-corrected chi connectivity index (χ1v) is 19.2. The minimum atomic E-state index is 0.736. The van der Waals surface area contributed by atoms with Crippen molar-refractivity contribution in [3.8, 4) is 27.9 Å². The second-order valence-corrected chi connectivity index (χ2v) is 14.6. The second kappa shape index (κ2) is 13.2. The van der Waals surface area contributed by atoms with Gasteiger partial charge in [0.2, 0.25) is 0 Å². The van der Waals surface area contributed by atoms with Gasteiger partial charge in [-0.2, -0.15) is 0 Å². The molecule has 0 amide bonds. The molecule has 0 bridgehead atoms. The number of nitrogens with zero attached hydrogens (tertiary/aromatic N) is 2. The zero-order valence-electron chi connectivity index (χ0n) is 30.7. The number of rotatable bonds is 6. The summed E-state index contributed by atoms with van der Waals surface area (Å²) in [6, 6.07) is 46.8. The van der Waals surface area contributed by atoms with E-state index in [1.807, 2.05) is 18.3 Å². The molecule has 10 rings (SSSR count). The van der Waals surface area contributed by atoms with Crippen LogP contribution in [0.4, 0.5) is 0 Å². The Morgan fingerprint density at radius 3 is 2.20 bits per heavy atom. The summed E-state index contributed by atoms with van der Waals surface area (Å²) >= 11 is 0. The van der Waals surface area contributed by atoms with Crippen molar-refractivity contribution in [3.05, 3.63) is 185 Å². The number of pyridine rings is 1. The number of fused-ring (bicyclic) bond motifs is 5. The third-order valence-corrected chi connectivity index (χ3v) is 11.5. The summed E-state index contributed by atoms with van der Waals surface area (Å²) < 4.78 is 2.44. The van der Waals surface area contributed by atoms with E-state index < -0.39 is 0 Å². The van der Waals surface area contributed by atoms with Crippen molar-refractivity contribution in [2.24, 2.45) is 0 Å². The van der Waals surface area contributed by atoms with Crippen LogP contribution in [0.25, 0.3) is 77.9 Å². The van der Waals surface area contributed by atoms with Crippen molar-refractivity contribution in [2.45, 2.75) is 33.1 Å². The summed E-state index contributed by atoms with van der Waals surface area (Å²) in [5.41, 5.74) is 19.0. The molecule has 2 aromatic heterocycles. The minimum absolute atomic E-state index is 0.736. The molecule has 54 heavy (non-hydrogen) atoms. The van der Waals surface area contributed by atoms with Crippen LogP contribution in [-0.2, 0) is 12.8 Å². The molecule has 3 heteroatoms. The van der Waals surface area contributed by atoms with E-state index >= 15 is 0 Å². The highest BCUT2D eigenvalue weighted by atomic mass is 15.0. The molecule has 0 atom stereocenters. The van der Waals surface area contributed by atoms with Gasteiger partial charge in [-0.3, -0.25) is 4.98 Å². The van der Waals surface area contributed by atoms with Gasteiger partial charge >= 0.3 is 0 Å². The van der Waals surface area contributed by atoms with Gasteiger partial charge in [-0.1, -0.05) is 110 Å². The number of allylic oxidation sites excluding steroid dienone is 3. The molecule has 3 nitrogen and oxygen atoms in total. The Labute approximate surface area is 316 Å². The zero-order chi connectivity index (χ0) is 36.2. The van der Waals surface area contributed by atoms with E-state index in [2.05, 4.69) is 168 Å². The van der Waals surface area contributed by atoms with Crippen molar-refractivity contribution in [1.82, 2.24) is 14.9 Å². The van der Waals surface area contributed by atoms with Crippen LogP contribution in [0.1, 0.15) is 46.9 Å². The largest absolute Gasteiger partial charge is 0.379 e. The fraction of sp³-hybridized carbons (Fsp3) is 0.118. The minimum Gasteiger partial charge on any atom is -0.379 e. The molecule has 0 fully saturated rings. The fourth-order valence-corrected chi connectivity index (χ4v) is 9.01. The maximum absolute atomic E-state index is 4.62. The van der Waals surface area contributed by atoms with E-state index in [1.165, 1.54) is 93.9 Å². The first kappa shape index (κ1) is 32.2. The summed E-state index contributed by atoms with van der Waals surface area (Å²) in [7, 11) is 0. The fourth-order valence-electron chi connectivity index (χ4n) is 9.01. The van der Waals surface area contributed by atoms with E-state index in [0.717, 1.165) is 37.2 Å². The molecular formula is C51H41N3. The van der Waals surface area contributed by atoms with Gasteiger partial charge < -0.3 is 9.88 Å². The van der Waals surface area contributed by atoms with E-state index in [0.29, 0.717) is 0 Å². The van der Waals surface area contributed by atoms with Crippen molar-refractivity contribution in [3.63, 3.8) is 0 Å². The molecule has 2 aliphatic rings. The maximum atomic E-state index is 4.62. The van der Waals surface area contributed by atoms with Crippen molar-refractivity contribution >= 4 is 49.9 Å². The normalized spacial score (nSPS) is 13.9. The Hall–Kier alpha value is -6.45. The highest BCUT2D eigenvalue weighted by Crippen LogP contribution is 2.46. The lowest BCUT2D eigenvalue weighted by molar-refractivity contribution is 0.978. The Balaban J connectivity index is 1.26. The van der Waals surface area contributed by atoms with Gasteiger partial charge in [-0.15, -0.1) is 0 Å². The topological polar surface area (TPSA) is 29.9 Å². The lowest BCUT2D eigenvalue weighted by Crippen LogP contribution is -2.20. The van der Waals surface area contributed by atoms with Crippen molar-refractivity contribution in [1.29, 1.82) is 0 Å². The van der Waals surface area contributed by atoms with Crippen LogP contribution in [0.5, 0.6) is 0 Å². The standard InChI is InChI=1S/C51H41N3/c1-3-34-15-4-5-18-38(34)43-31-45-44(29-33(43)2)51(36-26-27-47(53-32-36)46-23-12-13-28-52-46)42-22-7-6-21-41(42)50(45)35-16-14-17-37(30-35)54-48-24-10-8-19-39(48)40-20-9-11-25-49(40)54/h4-5,7-20,22-31,53H,3,6,21,32H2,1-2H3. The molecule has 0 radical (unpaired) electrons. The van der Waals surface area contributed by atoms with Crippen LogP contribution in [0.3, 0.4) is 0 Å². The quantitative estimate of drug-likeness (QED) is 0.188. The highest BCUT2D eigenvalue weighted by molar-refractivity contribution is 6.11. The van der Waals surface area contributed by atoms with Gasteiger partial charge in [0.05, 0.1) is 22.4 Å². The van der Waals surface area contributed by atoms with Crippen LogP contribution in [0.2, 0.25) is 0 Å². The number of hydrogen-bond acceptors (Lipinski definition) is 2. The number of aromatic nitrogens is 2. The van der Waals surface area contributed by atoms with Crippen molar-refractivity contribution in [2.75, 3.05) is 6.54 Å². The average molecular weight is 696 g/mol. The summed E-state index contributed by atoms with van der Waals surface area (Å²) in [5.74, 6) is 0. The Kier molecular flexibility index (Phi) is 7.87. The van der Waals surface area contributed by atoms with E-state index in [9.17, 15) is 0 Å². The molecule has 8 aromatic rings. The monoisotopic (exact) mass is 695 g/mol. The second-order valence-electron chi connectivity index (χ2n) is 14.6. The summed E-state index contributed by atoms with van der Waals surface area (Å²) in [6.07, 6.45) is 14.1. The van der Waals surface area contributed by atoms with Crippen LogP contribution < -0.4 is 5.32 Å². The van der Waals surface area contributed by atoms with Gasteiger partial charge in [-0.05, 0) is 141 Å². The lowest BCUT2D eigenvalue weighted by atomic mass is 9.78. The molecule has 1 aliphatic heterocycles. The Morgan fingerprint density at radius 1 is 0.685 bits per heavy atom. The molecule has 1 aliphatic carbocycles.